The molecule has 0 heterocycles. The molecule has 0 aliphatic carbocycles. The highest BCUT2D eigenvalue weighted by Crippen LogP contribution is 2.09. The van der Waals surface area contributed by atoms with Gasteiger partial charge in [-0.25, -0.2) is 4.79 Å². The summed E-state index contributed by atoms with van der Waals surface area (Å²) in [7, 11) is 0. The van der Waals surface area contributed by atoms with Crippen molar-refractivity contribution in [1.82, 2.24) is 5.32 Å². The van der Waals surface area contributed by atoms with E-state index in [9.17, 15) is 9.59 Å². The van der Waals surface area contributed by atoms with E-state index in [-0.39, 0.29) is 13.0 Å². The number of carbonyl (C=O) groups excluding carboxylic acids is 1. The highest BCUT2D eigenvalue weighted by Gasteiger charge is 2.30. The molecule has 0 fully saturated rings. The zero-order valence-electron chi connectivity index (χ0n) is 9.69. The summed E-state index contributed by atoms with van der Waals surface area (Å²) in [5.41, 5.74) is 4.68. The Morgan fingerprint density at radius 1 is 1.50 bits per heavy atom. The third-order valence-corrected chi connectivity index (χ3v) is 2.31. The summed E-state index contributed by atoms with van der Waals surface area (Å²) in [5.74, 6) is -1.68. The molecule has 6 heteroatoms. The Bertz CT molecular complexity index is 253. The van der Waals surface area contributed by atoms with Crippen LogP contribution in [-0.4, -0.2) is 40.3 Å². The summed E-state index contributed by atoms with van der Waals surface area (Å²) in [5, 5.41) is 19.8. The van der Waals surface area contributed by atoms with Crippen LogP contribution in [0.15, 0.2) is 0 Å². The van der Waals surface area contributed by atoms with Crippen molar-refractivity contribution in [3.8, 4) is 0 Å². The maximum atomic E-state index is 11.7. The molecule has 1 unspecified atom stereocenters. The molecule has 0 bridgehead atoms. The maximum absolute atomic E-state index is 11.7. The number of carbonyl (C=O) groups is 2. The van der Waals surface area contributed by atoms with Gasteiger partial charge in [0.25, 0.3) is 0 Å². The second kappa shape index (κ2) is 6.44. The van der Waals surface area contributed by atoms with Gasteiger partial charge in [-0.1, -0.05) is 13.3 Å². The maximum Gasteiger partial charge on any atom is 0.326 e. The molecule has 16 heavy (non-hydrogen) atoms. The zero-order valence-corrected chi connectivity index (χ0v) is 9.69. The smallest absolute Gasteiger partial charge is 0.326 e. The molecular formula is C10H20N2O4. The minimum atomic E-state index is -1.17. The van der Waals surface area contributed by atoms with Crippen LogP contribution in [0.4, 0.5) is 0 Å². The average molecular weight is 232 g/mol. The van der Waals surface area contributed by atoms with Crippen molar-refractivity contribution in [2.24, 2.45) is 5.73 Å². The molecule has 0 aromatic heterocycles. The molecule has 5 N–H and O–H groups in total. The van der Waals surface area contributed by atoms with E-state index in [0.717, 1.165) is 6.42 Å². The Hall–Kier alpha value is -1.14. The van der Waals surface area contributed by atoms with Crippen molar-refractivity contribution < 1.29 is 19.8 Å². The van der Waals surface area contributed by atoms with Crippen molar-refractivity contribution in [2.75, 3.05) is 6.61 Å². The number of carboxylic acids is 1. The second-order valence-electron chi connectivity index (χ2n) is 4.04. The van der Waals surface area contributed by atoms with Gasteiger partial charge in [0.2, 0.25) is 5.91 Å². The Kier molecular flexibility index (Phi) is 5.98. The van der Waals surface area contributed by atoms with Crippen molar-refractivity contribution in [1.29, 1.82) is 0 Å². The number of aliphatic hydroxyl groups is 1. The Labute approximate surface area is 94.8 Å². The first-order chi connectivity index (χ1) is 7.35. The molecule has 0 saturated carbocycles. The minimum Gasteiger partial charge on any atom is -0.480 e. The first-order valence-electron chi connectivity index (χ1n) is 5.28. The van der Waals surface area contributed by atoms with Crippen molar-refractivity contribution >= 4 is 11.9 Å². The van der Waals surface area contributed by atoms with Crippen LogP contribution in [-0.2, 0) is 9.59 Å². The number of nitrogens with one attached hydrogen (secondary N) is 1. The van der Waals surface area contributed by atoms with E-state index in [2.05, 4.69) is 5.32 Å². The lowest BCUT2D eigenvalue weighted by atomic mass is 9.96. The van der Waals surface area contributed by atoms with Crippen LogP contribution in [0.25, 0.3) is 0 Å². The fraction of sp³-hybridized carbons (Fsp3) is 0.800. The molecule has 0 radical (unpaired) electrons. The van der Waals surface area contributed by atoms with E-state index in [1.807, 2.05) is 6.92 Å². The summed E-state index contributed by atoms with van der Waals surface area (Å²) in [6.07, 6.45) is 1.19. The van der Waals surface area contributed by atoms with Gasteiger partial charge in [-0.3, -0.25) is 4.79 Å². The molecule has 0 aromatic carbocycles. The van der Waals surface area contributed by atoms with Crippen LogP contribution in [0, 0.1) is 0 Å². The van der Waals surface area contributed by atoms with Crippen LogP contribution in [0.2, 0.25) is 0 Å². The summed E-state index contributed by atoms with van der Waals surface area (Å²) < 4.78 is 0. The molecule has 94 valence electrons. The molecule has 0 rings (SSSR count). The lowest BCUT2D eigenvalue weighted by Gasteiger charge is -2.25. The molecule has 0 spiro atoms. The normalized spacial score (nSPS) is 16.2. The SMILES string of the molecule is CCCC(C)(N)C(=O)N[C@H](CCO)C(=O)O. The highest BCUT2D eigenvalue weighted by atomic mass is 16.4. The quantitative estimate of drug-likeness (QED) is 0.470. The molecular weight excluding hydrogens is 212 g/mol. The second-order valence-corrected chi connectivity index (χ2v) is 4.04. The number of rotatable bonds is 7. The summed E-state index contributed by atoms with van der Waals surface area (Å²) in [6.45, 7) is 3.15. The number of carboxylic acid groups (broad SMARTS) is 1. The average Bonchev–Trinajstić information content (AvgIpc) is 2.16. The van der Waals surface area contributed by atoms with Crippen molar-refractivity contribution in [3.05, 3.63) is 0 Å². The summed E-state index contributed by atoms with van der Waals surface area (Å²) in [4.78, 5) is 22.4. The lowest BCUT2D eigenvalue weighted by Crippen LogP contribution is -2.55. The number of nitrogens with two attached hydrogens (primary N) is 1. The third-order valence-electron chi connectivity index (χ3n) is 2.31. The van der Waals surface area contributed by atoms with Gasteiger partial charge in [0, 0.05) is 13.0 Å². The fourth-order valence-electron chi connectivity index (χ4n) is 1.34. The molecule has 0 saturated heterocycles. The van der Waals surface area contributed by atoms with Gasteiger partial charge in [-0.05, 0) is 13.3 Å². The third kappa shape index (κ3) is 4.59. The molecule has 6 nitrogen and oxygen atoms in total. The number of amides is 1. The molecule has 0 aromatic rings. The molecule has 0 aliphatic rings. The van der Waals surface area contributed by atoms with Gasteiger partial charge >= 0.3 is 5.97 Å². The van der Waals surface area contributed by atoms with E-state index >= 15 is 0 Å². The van der Waals surface area contributed by atoms with Crippen LogP contribution >= 0.6 is 0 Å². The molecule has 0 aliphatic heterocycles. The van der Waals surface area contributed by atoms with E-state index in [0.29, 0.717) is 6.42 Å². The molecule has 2 atom stereocenters. The van der Waals surface area contributed by atoms with E-state index in [1.165, 1.54) is 0 Å². The monoisotopic (exact) mass is 232 g/mol. The lowest BCUT2D eigenvalue weighted by molar-refractivity contribution is -0.143. The largest absolute Gasteiger partial charge is 0.480 e. The van der Waals surface area contributed by atoms with Crippen LogP contribution < -0.4 is 11.1 Å². The Balaban J connectivity index is 4.44. The predicted molar refractivity (Wildman–Crippen MR) is 58.8 cm³/mol. The minimum absolute atomic E-state index is 0.0245. The van der Waals surface area contributed by atoms with Gasteiger partial charge < -0.3 is 21.3 Å². The Morgan fingerprint density at radius 2 is 2.06 bits per heavy atom. The molecule has 1 amide bonds. The van der Waals surface area contributed by atoms with E-state index < -0.39 is 23.5 Å². The summed E-state index contributed by atoms with van der Waals surface area (Å²) >= 11 is 0. The van der Waals surface area contributed by atoms with Gasteiger partial charge in [0.15, 0.2) is 0 Å². The fourth-order valence-corrected chi connectivity index (χ4v) is 1.34. The first-order valence-corrected chi connectivity index (χ1v) is 5.28. The van der Waals surface area contributed by atoms with Gasteiger partial charge in [-0.2, -0.15) is 0 Å². The number of hydrogen-bond donors (Lipinski definition) is 4. The van der Waals surface area contributed by atoms with Crippen LogP contribution in [0.5, 0.6) is 0 Å². The number of aliphatic hydroxyl groups excluding tert-OH is 1. The number of hydrogen-bond acceptors (Lipinski definition) is 4. The van der Waals surface area contributed by atoms with Gasteiger partial charge in [0.05, 0.1) is 5.54 Å². The first kappa shape index (κ1) is 14.9. The van der Waals surface area contributed by atoms with E-state index in [4.69, 9.17) is 15.9 Å². The van der Waals surface area contributed by atoms with E-state index in [1.54, 1.807) is 6.92 Å². The number of aliphatic carboxylic acids is 1. The van der Waals surface area contributed by atoms with Gasteiger partial charge in [0.1, 0.15) is 6.04 Å². The van der Waals surface area contributed by atoms with Crippen LogP contribution in [0.3, 0.4) is 0 Å². The summed E-state index contributed by atoms with van der Waals surface area (Å²) in [6, 6.07) is -1.09. The topological polar surface area (TPSA) is 113 Å². The van der Waals surface area contributed by atoms with Crippen molar-refractivity contribution in [3.63, 3.8) is 0 Å². The van der Waals surface area contributed by atoms with Crippen molar-refractivity contribution in [2.45, 2.75) is 44.7 Å². The predicted octanol–water partition coefficient (Wildman–Crippen LogP) is -0.544. The highest BCUT2D eigenvalue weighted by molar-refractivity contribution is 5.89. The zero-order chi connectivity index (χ0) is 12.8. The standard InChI is InChI=1S/C10H20N2O4/c1-3-5-10(2,11)9(16)12-7(4-6-13)8(14)15/h7,13H,3-6,11H2,1-2H3,(H,12,16)(H,14,15)/t7-,10?/m1/s1. The Morgan fingerprint density at radius 3 is 2.44 bits per heavy atom. The van der Waals surface area contributed by atoms with Gasteiger partial charge in [-0.15, -0.1) is 0 Å². The van der Waals surface area contributed by atoms with Crippen LogP contribution in [0.1, 0.15) is 33.1 Å².